The summed E-state index contributed by atoms with van der Waals surface area (Å²) < 4.78 is 0. The van der Waals surface area contributed by atoms with Crippen LogP contribution in [0.15, 0.2) is 12.2 Å². The Labute approximate surface area is 227 Å². The molecule has 4 aliphatic rings. The Bertz CT molecular complexity index is 532. The SMILES string of the molecule is CCCCCCCC=CCC(C1CCCCC1)C(C1CCCCC1)(C1CCCCC1)C1CCCCC1. The summed E-state index contributed by atoms with van der Waals surface area (Å²) in [7, 11) is 0. The van der Waals surface area contributed by atoms with Crippen LogP contribution in [0.25, 0.3) is 0 Å². The fourth-order valence-electron chi connectivity index (χ4n) is 10.3. The molecule has 0 aliphatic heterocycles. The maximum atomic E-state index is 2.75. The van der Waals surface area contributed by atoms with Gasteiger partial charge in [0.2, 0.25) is 0 Å². The molecule has 1 unspecified atom stereocenters. The van der Waals surface area contributed by atoms with E-state index < -0.39 is 0 Å². The summed E-state index contributed by atoms with van der Waals surface area (Å²) in [5.74, 6) is 5.16. The van der Waals surface area contributed by atoms with E-state index in [2.05, 4.69) is 19.1 Å². The first kappa shape index (κ1) is 28.7. The fraction of sp³-hybridized carbons (Fsp3) is 0.944. The van der Waals surface area contributed by atoms with Gasteiger partial charge in [-0.3, -0.25) is 0 Å². The number of hydrogen-bond acceptors (Lipinski definition) is 0. The molecular formula is C36H64. The Morgan fingerprint density at radius 2 is 0.972 bits per heavy atom. The second-order valence-electron chi connectivity index (χ2n) is 13.9. The molecule has 208 valence electrons. The van der Waals surface area contributed by atoms with Gasteiger partial charge < -0.3 is 0 Å². The lowest BCUT2D eigenvalue weighted by Gasteiger charge is -2.61. The average Bonchev–Trinajstić information content (AvgIpc) is 2.96. The topological polar surface area (TPSA) is 0 Å². The van der Waals surface area contributed by atoms with Crippen LogP contribution in [0.4, 0.5) is 0 Å². The Balaban J connectivity index is 1.62. The molecule has 0 bridgehead atoms. The molecule has 0 aromatic rings. The molecular weight excluding hydrogens is 432 g/mol. The molecule has 36 heavy (non-hydrogen) atoms. The Hall–Kier alpha value is -0.260. The van der Waals surface area contributed by atoms with E-state index in [4.69, 9.17) is 0 Å². The van der Waals surface area contributed by atoms with Crippen LogP contribution in [0.1, 0.15) is 180 Å². The van der Waals surface area contributed by atoms with Crippen LogP contribution in [0, 0.1) is 35.0 Å². The van der Waals surface area contributed by atoms with Crippen molar-refractivity contribution in [3.63, 3.8) is 0 Å². The van der Waals surface area contributed by atoms with E-state index in [1.807, 2.05) is 0 Å². The van der Waals surface area contributed by atoms with E-state index in [1.54, 1.807) is 51.4 Å². The molecule has 0 N–H and O–H groups in total. The zero-order valence-corrected chi connectivity index (χ0v) is 24.6. The van der Waals surface area contributed by atoms with E-state index >= 15 is 0 Å². The molecule has 0 heteroatoms. The summed E-state index contributed by atoms with van der Waals surface area (Å²) in [4.78, 5) is 0. The molecule has 0 nitrogen and oxygen atoms in total. The molecule has 4 aliphatic carbocycles. The van der Waals surface area contributed by atoms with Crippen molar-refractivity contribution in [3.05, 3.63) is 12.2 Å². The fourth-order valence-corrected chi connectivity index (χ4v) is 10.3. The van der Waals surface area contributed by atoms with Gasteiger partial charge in [0.25, 0.3) is 0 Å². The molecule has 0 aromatic heterocycles. The minimum absolute atomic E-state index is 0.675. The van der Waals surface area contributed by atoms with Gasteiger partial charge in [-0.15, -0.1) is 0 Å². The molecule has 4 saturated carbocycles. The second-order valence-corrected chi connectivity index (χ2v) is 13.9. The first-order valence-electron chi connectivity index (χ1n) is 17.5. The van der Waals surface area contributed by atoms with Crippen molar-refractivity contribution in [2.24, 2.45) is 35.0 Å². The molecule has 0 aromatic carbocycles. The van der Waals surface area contributed by atoms with Crippen molar-refractivity contribution in [1.29, 1.82) is 0 Å². The summed E-state index contributed by atoms with van der Waals surface area (Å²) in [6.07, 6.45) is 46.2. The van der Waals surface area contributed by atoms with Crippen molar-refractivity contribution >= 4 is 0 Å². The van der Waals surface area contributed by atoms with Gasteiger partial charge in [-0.25, -0.2) is 0 Å². The van der Waals surface area contributed by atoms with Gasteiger partial charge in [0.1, 0.15) is 0 Å². The van der Waals surface area contributed by atoms with Crippen molar-refractivity contribution in [3.8, 4) is 0 Å². The van der Waals surface area contributed by atoms with Crippen LogP contribution < -0.4 is 0 Å². The summed E-state index contributed by atoms with van der Waals surface area (Å²) in [5.41, 5.74) is 0.675. The highest BCUT2D eigenvalue weighted by atomic mass is 14.6. The lowest BCUT2D eigenvalue weighted by Crippen LogP contribution is -2.54. The summed E-state index contributed by atoms with van der Waals surface area (Å²) in [6, 6.07) is 0. The maximum Gasteiger partial charge on any atom is -0.0179 e. The highest BCUT2D eigenvalue weighted by Gasteiger charge is 2.56. The lowest BCUT2D eigenvalue weighted by atomic mass is 9.44. The highest BCUT2D eigenvalue weighted by Crippen LogP contribution is 2.63. The molecule has 0 radical (unpaired) electrons. The predicted molar refractivity (Wildman–Crippen MR) is 159 cm³/mol. The molecule has 0 spiro atoms. The Kier molecular flexibility index (Phi) is 12.8. The normalized spacial score (nSPS) is 25.5. The number of hydrogen-bond donors (Lipinski definition) is 0. The van der Waals surface area contributed by atoms with Crippen molar-refractivity contribution in [2.45, 2.75) is 180 Å². The Morgan fingerprint density at radius 1 is 0.528 bits per heavy atom. The highest BCUT2D eigenvalue weighted by molar-refractivity contribution is 5.06. The van der Waals surface area contributed by atoms with E-state index in [0.717, 1.165) is 29.6 Å². The van der Waals surface area contributed by atoms with Crippen LogP contribution in [0.5, 0.6) is 0 Å². The predicted octanol–water partition coefficient (Wildman–Crippen LogP) is 12.2. The molecule has 4 fully saturated rings. The number of unbranched alkanes of at least 4 members (excludes halogenated alkanes) is 5. The van der Waals surface area contributed by atoms with Crippen LogP contribution >= 0.6 is 0 Å². The maximum absolute atomic E-state index is 2.75. The van der Waals surface area contributed by atoms with Gasteiger partial charge in [0.05, 0.1) is 0 Å². The second kappa shape index (κ2) is 16.0. The van der Waals surface area contributed by atoms with Gasteiger partial charge in [-0.2, -0.15) is 0 Å². The zero-order chi connectivity index (χ0) is 24.9. The summed E-state index contributed by atoms with van der Waals surface area (Å²) in [6.45, 7) is 2.34. The average molecular weight is 497 g/mol. The summed E-state index contributed by atoms with van der Waals surface area (Å²) >= 11 is 0. The standard InChI is InChI=1S/C36H64/c1-2-3-4-5-6-7-8-21-30-35(31-22-13-9-14-23-31)36(32-24-15-10-16-25-32,33-26-17-11-18-27-33)34-28-19-12-20-29-34/h8,21,31-35H,2-7,9-20,22-30H2,1H3. The third kappa shape index (κ3) is 7.44. The molecule has 1 atom stereocenters. The molecule has 0 amide bonds. The zero-order valence-electron chi connectivity index (χ0n) is 24.6. The number of rotatable bonds is 13. The van der Waals surface area contributed by atoms with Crippen molar-refractivity contribution in [1.82, 2.24) is 0 Å². The van der Waals surface area contributed by atoms with Crippen molar-refractivity contribution < 1.29 is 0 Å². The molecule has 4 rings (SSSR count). The first-order valence-corrected chi connectivity index (χ1v) is 17.5. The minimum atomic E-state index is 0.675. The largest absolute Gasteiger partial charge is 0.0885 e. The van der Waals surface area contributed by atoms with Gasteiger partial charge >= 0.3 is 0 Å². The van der Waals surface area contributed by atoms with E-state index in [-0.39, 0.29) is 0 Å². The van der Waals surface area contributed by atoms with Gasteiger partial charge in [-0.1, -0.05) is 135 Å². The third-order valence-corrected chi connectivity index (χ3v) is 11.8. The lowest BCUT2D eigenvalue weighted by molar-refractivity contribution is -0.118. The van der Waals surface area contributed by atoms with Crippen LogP contribution in [-0.4, -0.2) is 0 Å². The van der Waals surface area contributed by atoms with Gasteiger partial charge in [0.15, 0.2) is 0 Å². The smallest absolute Gasteiger partial charge is 0.0179 e. The van der Waals surface area contributed by atoms with Crippen LogP contribution in [-0.2, 0) is 0 Å². The quantitative estimate of drug-likeness (QED) is 0.176. The van der Waals surface area contributed by atoms with Gasteiger partial charge in [0, 0.05) is 0 Å². The number of allylic oxidation sites excluding steroid dienone is 2. The van der Waals surface area contributed by atoms with Gasteiger partial charge in [-0.05, 0) is 92.8 Å². The molecule has 0 heterocycles. The van der Waals surface area contributed by atoms with E-state index in [9.17, 15) is 0 Å². The molecule has 0 saturated heterocycles. The van der Waals surface area contributed by atoms with Crippen LogP contribution in [0.3, 0.4) is 0 Å². The summed E-state index contributed by atoms with van der Waals surface area (Å²) in [5, 5.41) is 0. The third-order valence-electron chi connectivity index (χ3n) is 11.8. The van der Waals surface area contributed by atoms with Crippen LogP contribution in [0.2, 0.25) is 0 Å². The Morgan fingerprint density at radius 3 is 1.44 bits per heavy atom. The minimum Gasteiger partial charge on any atom is -0.0885 e. The van der Waals surface area contributed by atoms with E-state index in [1.165, 1.54) is 122 Å². The van der Waals surface area contributed by atoms with Crippen molar-refractivity contribution in [2.75, 3.05) is 0 Å². The monoisotopic (exact) mass is 497 g/mol. The van der Waals surface area contributed by atoms with E-state index in [0.29, 0.717) is 5.41 Å². The first-order chi connectivity index (χ1) is 17.9.